The lowest BCUT2D eigenvalue weighted by molar-refractivity contribution is -0.124. The van der Waals surface area contributed by atoms with Crippen LogP contribution in [0.25, 0.3) is 0 Å². The minimum Gasteiger partial charge on any atom is -0.494 e. The molecule has 0 bridgehead atoms. The number of likely N-dealkylation sites (tertiary alicyclic amines) is 1. The Morgan fingerprint density at radius 3 is 2.49 bits per heavy atom. The molecule has 1 atom stereocenters. The molecule has 0 spiro atoms. The van der Waals surface area contributed by atoms with Crippen LogP contribution in [0.4, 0.5) is 11.4 Å². The summed E-state index contributed by atoms with van der Waals surface area (Å²) in [5.41, 5.74) is 6.65. The summed E-state index contributed by atoms with van der Waals surface area (Å²) in [4.78, 5) is 43.7. The largest absolute Gasteiger partial charge is 0.494 e. The monoisotopic (exact) mass is 571 g/mol. The van der Waals surface area contributed by atoms with Crippen LogP contribution in [0.1, 0.15) is 32.6 Å². The Labute approximate surface area is 239 Å². The van der Waals surface area contributed by atoms with Gasteiger partial charge in [-0.3, -0.25) is 19.3 Å². The predicted octanol–water partition coefficient (Wildman–Crippen LogP) is 3.66. The van der Waals surface area contributed by atoms with Gasteiger partial charge in [-0.05, 0) is 101 Å². The summed E-state index contributed by atoms with van der Waals surface area (Å²) in [7, 11) is 0. The first-order chi connectivity index (χ1) is 18.8. The molecule has 0 saturated carbocycles. The minimum absolute atomic E-state index is 0.0484. The number of piperidine rings is 1. The van der Waals surface area contributed by atoms with E-state index in [1.54, 1.807) is 48.5 Å². The fourth-order valence-corrected chi connectivity index (χ4v) is 5.63. The first-order valence-electron chi connectivity index (χ1n) is 13.2. The van der Waals surface area contributed by atoms with Crippen LogP contribution in [0.3, 0.4) is 0 Å². The average molecular weight is 572 g/mol. The maximum atomic E-state index is 13.6. The Morgan fingerprint density at radius 2 is 1.85 bits per heavy atom. The van der Waals surface area contributed by atoms with Crippen molar-refractivity contribution in [3.8, 4) is 5.75 Å². The first-order valence-corrected chi connectivity index (χ1v) is 14.0. The Balaban J connectivity index is 1.43. The van der Waals surface area contributed by atoms with Crippen molar-refractivity contribution in [1.29, 1.82) is 0 Å². The summed E-state index contributed by atoms with van der Waals surface area (Å²) < 4.78 is 5.46. The van der Waals surface area contributed by atoms with Gasteiger partial charge in [0, 0.05) is 23.2 Å². The number of halogens is 1. The number of carbonyl (C=O) groups is 3. The summed E-state index contributed by atoms with van der Waals surface area (Å²) in [6.07, 6.45) is 2.21. The van der Waals surface area contributed by atoms with Crippen LogP contribution in [-0.2, 0) is 14.4 Å². The number of hydrogen-bond donors (Lipinski definition) is 2. The van der Waals surface area contributed by atoms with Gasteiger partial charge in [0.15, 0.2) is 5.11 Å². The highest BCUT2D eigenvalue weighted by Crippen LogP contribution is 2.29. The Hall–Kier alpha value is -3.21. The van der Waals surface area contributed by atoms with E-state index in [0.29, 0.717) is 40.4 Å². The molecular formula is C28H34ClN5O4S. The van der Waals surface area contributed by atoms with E-state index in [1.165, 1.54) is 4.90 Å². The molecule has 0 aliphatic carbocycles. The SMILES string of the molecule is CCOc1ccc(NC(=O)C[C@@H]2C(=O)N(c3cccc(Cl)c3)C(=S)N2CCCN2CCC(C(N)=O)CC2)cc1. The second-order valence-corrected chi connectivity index (χ2v) is 10.5. The number of carbonyl (C=O) groups excluding carboxylic acids is 3. The highest BCUT2D eigenvalue weighted by Gasteiger charge is 2.44. The van der Waals surface area contributed by atoms with Crippen LogP contribution in [0, 0.1) is 5.92 Å². The van der Waals surface area contributed by atoms with Crippen LogP contribution in [-0.4, -0.2) is 71.5 Å². The summed E-state index contributed by atoms with van der Waals surface area (Å²) >= 11 is 11.9. The number of primary amides is 1. The van der Waals surface area contributed by atoms with Crippen LogP contribution in [0.2, 0.25) is 5.02 Å². The third-order valence-corrected chi connectivity index (χ3v) is 7.73. The lowest BCUT2D eigenvalue weighted by atomic mass is 9.96. The van der Waals surface area contributed by atoms with Gasteiger partial charge in [-0.2, -0.15) is 0 Å². The number of nitrogens with one attached hydrogen (secondary N) is 1. The highest BCUT2D eigenvalue weighted by molar-refractivity contribution is 7.80. The van der Waals surface area contributed by atoms with E-state index in [-0.39, 0.29) is 30.1 Å². The van der Waals surface area contributed by atoms with E-state index in [1.807, 2.05) is 11.8 Å². The highest BCUT2D eigenvalue weighted by atomic mass is 35.5. The Bertz CT molecular complexity index is 1200. The lowest BCUT2D eigenvalue weighted by Crippen LogP contribution is -2.41. The fraction of sp³-hybridized carbons (Fsp3) is 0.429. The van der Waals surface area contributed by atoms with Crippen molar-refractivity contribution in [1.82, 2.24) is 9.80 Å². The maximum absolute atomic E-state index is 13.6. The molecule has 2 heterocycles. The molecule has 3 N–H and O–H groups in total. The molecule has 2 fully saturated rings. The predicted molar refractivity (Wildman–Crippen MR) is 156 cm³/mol. The second kappa shape index (κ2) is 13.2. The normalized spacial score (nSPS) is 18.5. The molecule has 2 aliphatic heterocycles. The first kappa shape index (κ1) is 28.8. The molecule has 3 amide bonds. The van der Waals surface area contributed by atoms with Crippen LogP contribution < -0.4 is 20.7 Å². The molecule has 9 nitrogen and oxygen atoms in total. The lowest BCUT2D eigenvalue weighted by Gasteiger charge is -2.31. The summed E-state index contributed by atoms with van der Waals surface area (Å²) in [5, 5.41) is 3.72. The molecular weight excluding hydrogens is 538 g/mol. The molecule has 2 saturated heterocycles. The number of anilines is 2. The van der Waals surface area contributed by atoms with Gasteiger partial charge in [0.25, 0.3) is 5.91 Å². The number of hydrogen-bond acceptors (Lipinski definition) is 6. The Kier molecular flexibility index (Phi) is 9.77. The van der Waals surface area contributed by atoms with Gasteiger partial charge >= 0.3 is 0 Å². The number of nitrogens with two attached hydrogens (primary N) is 1. The number of ether oxygens (including phenoxy) is 1. The maximum Gasteiger partial charge on any atom is 0.256 e. The van der Waals surface area contributed by atoms with Gasteiger partial charge in [-0.25, -0.2) is 0 Å². The van der Waals surface area contributed by atoms with Crippen molar-refractivity contribution in [2.75, 3.05) is 43.0 Å². The second-order valence-electron chi connectivity index (χ2n) is 9.73. The van der Waals surface area contributed by atoms with Crippen molar-refractivity contribution >= 4 is 58.0 Å². The molecule has 2 aliphatic rings. The number of benzene rings is 2. The van der Waals surface area contributed by atoms with Crippen LogP contribution in [0.15, 0.2) is 48.5 Å². The molecule has 2 aromatic carbocycles. The van der Waals surface area contributed by atoms with Crippen molar-refractivity contribution in [2.45, 2.75) is 38.6 Å². The van der Waals surface area contributed by atoms with Crippen molar-refractivity contribution < 1.29 is 19.1 Å². The summed E-state index contributed by atoms with van der Waals surface area (Å²) in [6.45, 7) is 5.38. The number of thiocarbonyl (C=S) groups is 1. The van der Waals surface area contributed by atoms with Crippen molar-refractivity contribution in [2.24, 2.45) is 11.7 Å². The molecule has 11 heteroatoms. The zero-order valence-corrected chi connectivity index (χ0v) is 23.5. The van der Waals surface area contributed by atoms with E-state index in [0.717, 1.165) is 38.9 Å². The molecule has 0 radical (unpaired) electrons. The fourth-order valence-electron chi connectivity index (χ4n) is 5.03. The topological polar surface area (TPSA) is 108 Å². The number of amides is 3. The van der Waals surface area contributed by atoms with Crippen LogP contribution in [0.5, 0.6) is 5.75 Å². The average Bonchev–Trinajstić information content (AvgIpc) is 3.14. The molecule has 0 unspecified atom stereocenters. The van der Waals surface area contributed by atoms with E-state index in [9.17, 15) is 14.4 Å². The molecule has 0 aromatic heterocycles. The molecule has 2 aromatic rings. The van der Waals surface area contributed by atoms with Gasteiger partial charge in [-0.15, -0.1) is 0 Å². The van der Waals surface area contributed by atoms with Gasteiger partial charge < -0.3 is 25.6 Å². The van der Waals surface area contributed by atoms with Gasteiger partial charge in [0.1, 0.15) is 11.8 Å². The van der Waals surface area contributed by atoms with E-state index < -0.39 is 6.04 Å². The van der Waals surface area contributed by atoms with Crippen molar-refractivity contribution in [3.63, 3.8) is 0 Å². The van der Waals surface area contributed by atoms with Gasteiger partial charge in [-0.1, -0.05) is 17.7 Å². The van der Waals surface area contributed by atoms with E-state index in [2.05, 4.69) is 10.2 Å². The zero-order valence-electron chi connectivity index (χ0n) is 22.0. The number of nitrogens with zero attached hydrogens (tertiary/aromatic N) is 3. The molecule has 4 rings (SSSR count). The van der Waals surface area contributed by atoms with Crippen LogP contribution >= 0.6 is 23.8 Å². The van der Waals surface area contributed by atoms with Gasteiger partial charge in [0.2, 0.25) is 11.8 Å². The zero-order chi connectivity index (χ0) is 27.9. The van der Waals surface area contributed by atoms with E-state index >= 15 is 0 Å². The number of rotatable bonds is 11. The summed E-state index contributed by atoms with van der Waals surface area (Å²) in [5.74, 6) is -0.121. The quantitative estimate of drug-likeness (QED) is 0.396. The molecule has 208 valence electrons. The standard InChI is InChI=1S/C28H34ClN5O4S/c1-2-38-23-9-7-21(8-10-23)31-25(35)18-24-27(37)34(22-6-3-5-20(29)17-22)28(39)33(24)14-4-13-32-15-11-19(12-16-32)26(30)36/h3,5-10,17,19,24H,2,4,11-16,18H2,1H3,(H2,30,36)(H,31,35)/t24-/m1/s1. The van der Waals surface area contributed by atoms with Crippen molar-refractivity contribution in [3.05, 3.63) is 53.6 Å². The third-order valence-electron chi connectivity index (χ3n) is 7.08. The summed E-state index contributed by atoms with van der Waals surface area (Å²) in [6, 6.07) is 13.3. The van der Waals surface area contributed by atoms with E-state index in [4.69, 9.17) is 34.3 Å². The third kappa shape index (κ3) is 7.26. The Morgan fingerprint density at radius 1 is 1.13 bits per heavy atom. The molecule has 39 heavy (non-hydrogen) atoms. The smallest absolute Gasteiger partial charge is 0.256 e. The van der Waals surface area contributed by atoms with Gasteiger partial charge in [0.05, 0.1) is 18.7 Å². The minimum atomic E-state index is -0.736.